The zero-order valence-electron chi connectivity index (χ0n) is 13.3. The number of aliphatic imine (C=N–C) groups is 1. The first kappa shape index (κ1) is 15.6. The Morgan fingerprint density at radius 2 is 2.00 bits per heavy atom. The van der Waals surface area contributed by atoms with Crippen LogP contribution in [0.4, 0.5) is 0 Å². The Balaban J connectivity index is 1.67. The number of hydrogen-bond acceptors (Lipinski definition) is 2. The summed E-state index contributed by atoms with van der Waals surface area (Å²) in [6, 6.07) is 0.563. The molecule has 1 heterocycles. The summed E-state index contributed by atoms with van der Waals surface area (Å²) in [7, 11) is 0. The van der Waals surface area contributed by atoms with Crippen molar-refractivity contribution in [3.63, 3.8) is 0 Å². The topological polar surface area (TPSA) is 53.6 Å². The molecule has 1 aliphatic heterocycles. The number of rotatable bonds is 5. The van der Waals surface area contributed by atoms with E-state index in [2.05, 4.69) is 29.1 Å². The van der Waals surface area contributed by atoms with E-state index in [-0.39, 0.29) is 0 Å². The minimum Gasteiger partial charge on any atom is -0.370 e. The molecule has 4 heteroatoms. The first-order valence-electron chi connectivity index (χ1n) is 8.42. The zero-order chi connectivity index (χ0) is 14.4. The fraction of sp³-hybridized carbons (Fsp3) is 0.938. The highest BCUT2D eigenvalue weighted by molar-refractivity contribution is 5.78. The Labute approximate surface area is 124 Å². The maximum Gasteiger partial charge on any atom is 0.188 e. The van der Waals surface area contributed by atoms with Crippen molar-refractivity contribution in [2.75, 3.05) is 26.2 Å². The number of nitrogens with zero attached hydrogens (tertiary/aromatic N) is 2. The third-order valence-electron chi connectivity index (χ3n) is 4.47. The standard InChI is InChI=1S/C16H32N4/c1-13(2)11-20-9-8-14(12-20)10-18-16(17)19-15-6-4-3-5-7-15/h13-15H,3-12H2,1-2H3,(H3,17,18,19). The van der Waals surface area contributed by atoms with Crippen molar-refractivity contribution in [3.05, 3.63) is 0 Å². The summed E-state index contributed by atoms with van der Waals surface area (Å²) >= 11 is 0. The Morgan fingerprint density at radius 1 is 1.25 bits per heavy atom. The zero-order valence-corrected chi connectivity index (χ0v) is 13.3. The third kappa shape index (κ3) is 5.31. The Kier molecular flexibility index (Phi) is 6.14. The molecule has 0 aromatic rings. The number of nitrogens with one attached hydrogen (secondary N) is 1. The van der Waals surface area contributed by atoms with Gasteiger partial charge in [0.05, 0.1) is 0 Å². The van der Waals surface area contributed by atoms with Crippen LogP contribution in [0.5, 0.6) is 0 Å². The molecule has 20 heavy (non-hydrogen) atoms. The van der Waals surface area contributed by atoms with Crippen LogP contribution < -0.4 is 11.1 Å². The molecule has 2 aliphatic rings. The summed E-state index contributed by atoms with van der Waals surface area (Å²) in [6.45, 7) is 9.11. The quantitative estimate of drug-likeness (QED) is 0.599. The Hall–Kier alpha value is -0.770. The van der Waals surface area contributed by atoms with Gasteiger partial charge in [0.15, 0.2) is 5.96 Å². The Morgan fingerprint density at radius 3 is 2.70 bits per heavy atom. The van der Waals surface area contributed by atoms with Gasteiger partial charge in [0, 0.05) is 25.7 Å². The number of likely N-dealkylation sites (tertiary alicyclic amines) is 1. The third-order valence-corrected chi connectivity index (χ3v) is 4.47. The molecule has 2 rings (SSSR count). The SMILES string of the molecule is CC(C)CN1CCC(CN=C(N)NC2CCCCC2)C1. The van der Waals surface area contributed by atoms with Crippen LogP contribution in [-0.2, 0) is 0 Å². The number of guanidine groups is 1. The molecule has 0 bridgehead atoms. The van der Waals surface area contributed by atoms with E-state index in [1.165, 1.54) is 58.2 Å². The monoisotopic (exact) mass is 280 g/mol. The summed E-state index contributed by atoms with van der Waals surface area (Å²) in [6.07, 6.45) is 7.81. The van der Waals surface area contributed by atoms with Crippen molar-refractivity contribution in [1.82, 2.24) is 10.2 Å². The van der Waals surface area contributed by atoms with Gasteiger partial charge >= 0.3 is 0 Å². The molecule has 3 N–H and O–H groups in total. The summed E-state index contributed by atoms with van der Waals surface area (Å²) in [5.41, 5.74) is 6.02. The molecule has 0 aromatic carbocycles. The molecule has 0 amide bonds. The molecular formula is C16H32N4. The van der Waals surface area contributed by atoms with Gasteiger partial charge in [-0.25, -0.2) is 0 Å². The second-order valence-corrected chi connectivity index (χ2v) is 7.01. The average molecular weight is 280 g/mol. The van der Waals surface area contributed by atoms with Crippen molar-refractivity contribution < 1.29 is 0 Å². The predicted molar refractivity (Wildman–Crippen MR) is 85.9 cm³/mol. The second-order valence-electron chi connectivity index (χ2n) is 7.01. The van der Waals surface area contributed by atoms with Crippen LogP contribution in [0.2, 0.25) is 0 Å². The molecule has 116 valence electrons. The first-order valence-corrected chi connectivity index (χ1v) is 8.42. The lowest BCUT2D eigenvalue weighted by Crippen LogP contribution is -2.41. The highest BCUT2D eigenvalue weighted by Crippen LogP contribution is 2.18. The van der Waals surface area contributed by atoms with Crippen LogP contribution in [0.25, 0.3) is 0 Å². The second kappa shape index (κ2) is 7.87. The van der Waals surface area contributed by atoms with E-state index in [0.29, 0.717) is 17.9 Å². The highest BCUT2D eigenvalue weighted by atomic mass is 15.2. The summed E-state index contributed by atoms with van der Waals surface area (Å²) < 4.78 is 0. The molecule has 4 nitrogen and oxygen atoms in total. The summed E-state index contributed by atoms with van der Waals surface area (Å²) in [5, 5.41) is 3.40. The summed E-state index contributed by atoms with van der Waals surface area (Å²) in [4.78, 5) is 7.14. The molecule has 0 aromatic heterocycles. The number of nitrogens with two attached hydrogens (primary N) is 1. The van der Waals surface area contributed by atoms with Crippen molar-refractivity contribution >= 4 is 5.96 Å². The van der Waals surface area contributed by atoms with E-state index < -0.39 is 0 Å². The molecule has 1 aliphatic carbocycles. The van der Waals surface area contributed by atoms with Gasteiger partial charge in [-0.2, -0.15) is 0 Å². The van der Waals surface area contributed by atoms with Crippen molar-refractivity contribution in [1.29, 1.82) is 0 Å². The van der Waals surface area contributed by atoms with Crippen LogP contribution >= 0.6 is 0 Å². The van der Waals surface area contributed by atoms with E-state index in [1.807, 2.05) is 0 Å². The smallest absolute Gasteiger partial charge is 0.188 e. The van der Waals surface area contributed by atoms with Gasteiger partial charge < -0.3 is 16.0 Å². The lowest BCUT2D eigenvalue weighted by Gasteiger charge is -2.23. The van der Waals surface area contributed by atoms with Gasteiger partial charge in [0.2, 0.25) is 0 Å². The molecule has 1 unspecified atom stereocenters. The van der Waals surface area contributed by atoms with Crippen molar-refractivity contribution in [2.24, 2.45) is 22.6 Å². The minimum atomic E-state index is 0.563. The van der Waals surface area contributed by atoms with Gasteiger partial charge in [0.1, 0.15) is 0 Å². The van der Waals surface area contributed by atoms with Crippen molar-refractivity contribution in [3.8, 4) is 0 Å². The molecule has 1 saturated heterocycles. The van der Waals surface area contributed by atoms with Gasteiger partial charge in [-0.15, -0.1) is 0 Å². The Bertz CT molecular complexity index is 308. The van der Waals surface area contributed by atoms with E-state index in [4.69, 9.17) is 5.73 Å². The number of hydrogen-bond donors (Lipinski definition) is 2. The molecular weight excluding hydrogens is 248 g/mol. The highest BCUT2D eigenvalue weighted by Gasteiger charge is 2.22. The first-order chi connectivity index (χ1) is 9.63. The predicted octanol–water partition coefficient (Wildman–Crippen LogP) is 2.20. The maximum absolute atomic E-state index is 6.02. The van der Waals surface area contributed by atoms with E-state index in [0.717, 1.165) is 12.5 Å². The van der Waals surface area contributed by atoms with Gasteiger partial charge in [0.25, 0.3) is 0 Å². The van der Waals surface area contributed by atoms with Gasteiger partial charge in [-0.1, -0.05) is 33.1 Å². The average Bonchev–Trinajstić information content (AvgIpc) is 2.84. The van der Waals surface area contributed by atoms with Gasteiger partial charge in [-0.3, -0.25) is 4.99 Å². The van der Waals surface area contributed by atoms with Crippen LogP contribution in [0.15, 0.2) is 4.99 Å². The molecule has 0 radical (unpaired) electrons. The fourth-order valence-electron chi connectivity index (χ4n) is 3.47. The maximum atomic E-state index is 6.02. The molecule has 2 fully saturated rings. The van der Waals surface area contributed by atoms with E-state index in [9.17, 15) is 0 Å². The van der Waals surface area contributed by atoms with Crippen LogP contribution in [0, 0.1) is 11.8 Å². The molecule has 1 saturated carbocycles. The normalized spacial score (nSPS) is 26.4. The largest absolute Gasteiger partial charge is 0.370 e. The van der Waals surface area contributed by atoms with E-state index in [1.54, 1.807) is 0 Å². The van der Waals surface area contributed by atoms with E-state index >= 15 is 0 Å². The fourth-order valence-corrected chi connectivity index (χ4v) is 3.47. The van der Waals surface area contributed by atoms with Crippen LogP contribution in [-0.4, -0.2) is 43.1 Å². The molecule has 0 spiro atoms. The van der Waals surface area contributed by atoms with Crippen LogP contribution in [0.1, 0.15) is 52.4 Å². The van der Waals surface area contributed by atoms with Gasteiger partial charge in [-0.05, 0) is 37.6 Å². The van der Waals surface area contributed by atoms with Crippen LogP contribution in [0.3, 0.4) is 0 Å². The lowest BCUT2D eigenvalue weighted by atomic mass is 9.96. The summed E-state index contributed by atoms with van der Waals surface area (Å²) in [5.74, 6) is 2.12. The molecule has 1 atom stereocenters. The lowest BCUT2D eigenvalue weighted by molar-refractivity contribution is 0.288. The minimum absolute atomic E-state index is 0.563. The van der Waals surface area contributed by atoms with Crippen molar-refractivity contribution in [2.45, 2.75) is 58.4 Å².